The van der Waals surface area contributed by atoms with E-state index in [1.165, 1.54) is 0 Å². The van der Waals surface area contributed by atoms with Crippen LogP contribution in [0.15, 0.2) is 36.4 Å². The number of aryl methyl sites for hydroxylation is 1. The van der Waals surface area contributed by atoms with E-state index >= 15 is 0 Å². The molecule has 2 aromatic carbocycles. The first-order valence-electron chi connectivity index (χ1n) is 6.07. The smallest absolute Gasteiger partial charge is 0.154 e. The van der Waals surface area contributed by atoms with Crippen LogP contribution in [0.3, 0.4) is 0 Å². The Morgan fingerprint density at radius 2 is 1.84 bits per heavy atom. The number of para-hydroxylation sites is 1. The van der Waals surface area contributed by atoms with Gasteiger partial charge in [-0.2, -0.15) is 0 Å². The minimum absolute atomic E-state index is 0.473. The summed E-state index contributed by atoms with van der Waals surface area (Å²) >= 11 is 6.14. The predicted molar refractivity (Wildman–Crippen MR) is 78.3 cm³/mol. The Kier molecular flexibility index (Phi) is 4.17. The third-order valence-electron chi connectivity index (χ3n) is 2.63. The SMILES string of the molecule is CCOc1cccc(Oc2ccc(C)cc2Cl)c1N. The molecule has 0 aliphatic rings. The van der Waals surface area contributed by atoms with Crippen LogP contribution in [-0.4, -0.2) is 6.61 Å². The maximum absolute atomic E-state index is 6.14. The molecule has 2 aromatic rings. The molecular formula is C15H16ClNO2. The van der Waals surface area contributed by atoms with E-state index in [1.807, 2.05) is 44.2 Å². The van der Waals surface area contributed by atoms with E-state index < -0.39 is 0 Å². The Balaban J connectivity index is 2.30. The molecule has 0 aromatic heterocycles. The largest absolute Gasteiger partial charge is 0.492 e. The highest BCUT2D eigenvalue weighted by Gasteiger charge is 2.09. The number of benzene rings is 2. The number of anilines is 1. The van der Waals surface area contributed by atoms with E-state index in [0.29, 0.717) is 34.6 Å². The van der Waals surface area contributed by atoms with Gasteiger partial charge in [0.25, 0.3) is 0 Å². The zero-order chi connectivity index (χ0) is 13.8. The average molecular weight is 278 g/mol. The summed E-state index contributed by atoms with van der Waals surface area (Å²) in [6.07, 6.45) is 0. The number of nitrogens with two attached hydrogens (primary N) is 1. The Hall–Kier alpha value is -1.87. The van der Waals surface area contributed by atoms with Crippen molar-refractivity contribution in [2.75, 3.05) is 12.3 Å². The maximum Gasteiger partial charge on any atom is 0.154 e. The molecule has 2 N–H and O–H groups in total. The lowest BCUT2D eigenvalue weighted by Gasteiger charge is -2.13. The lowest BCUT2D eigenvalue weighted by Crippen LogP contribution is -1.99. The van der Waals surface area contributed by atoms with Crippen LogP contribution in [0.1, 0.15) is 12.5 Å². The molecular weight excluding hydrogens is 262 g/mol. The topological polar surface area (TPSA) is 44.5 Å². The van der Waals surface area contributed by atoms with Crippen LogP contribution in [-0.2, 0) is 0 Å². The third-order valence-corrected chi connectivity index (χ3v) is 2.93. The van der Waals surface area contributed by atoms with Crippen LogP contribution in [0.2, 0.25) is 5.02 Å². The molecule has 0 heterocycles. The second-order valence-corrected chi connectivity index (χ2v) is 4.54. The first-order chi connectivity index (χ1) is 9.11. The minimum atomic E-state index is 0.473. The van der Waals surface area contributed by atoms with Gasteiger partial charge in [-0.3, -0.25) is 0 Å². The van der Waals surface area contributed by atoms with Crippen molar-refractivity contribution in [2.45, 2.75) is 13.8 Å². The quantitative estimate of drug-likeness (QED) is 0.841. The van der Waals surface area contributed by atoms with Crippen molar-refractivity contribution in [1.29, 1.82) is 0 Å². The van der Waals surface area contributed by atoms with Crippen LogP contribution in [0.25, 0.3) is 0 Å². The zero-order valence-corrected chi connectivity index (χ0v) is 11.7. The zero-order valence-electron chi connectivity index (χ0n) is 10.9. The highest BCUT2D eigenvalue weighted by molar-refractivity contribution is 6.32. The Morgan fingerprint density at radius 1 is 1.11 bits per heavy atom. The predicted octanol–water partition coefficient (Wildman–Crippen LogP) is 4.42. The van der Waals surface area contributed by atoms with Crippen molar-refractivity contribution < 1.29 is 9.47 Å². The van der Waals surface area contributed by atoms with Gasteiger partial charge in [-0.25, -0.2) is 0 Å². The first-order valence-corrected chi connectivity index (χ1v) is 6.45. The molecule has 0 spiro atoms. The molecule has 0 atom stereocenters. The van der Waals surface area contributed by atoms with Crippen LogP contribution in [0, 0.1) is 6.92 Å². The van der Waals surface area contributed by atoms with Crippen molar-refractivity contribution in [1.82, 2.24) is 0 Å². The molecule has 19 heavy (non-hydrogen) atoms. The molecule has 0 radical (unpaired) electrons. The van der Waals surface area contributed by atoms with Crippen molar-refractivity contribution >= 4 is 17.3 Å². The second-order valence-electron chi connectivity index (χ2n) is 4.14. The van der Waals surface area contributed by atoms with Crippen molar-refractivity contribution in [3.05, 3.63) is 47.0 Å². The van der Waals surface area contributed by atoms with E-state index in [2.05, 4.69) is 0 Å². The molecule has 0 saturated heterocycles. The van der Waals surface area contributed by atoms with Gasteiger partial charge in [-0.1, -0.05) is 23.7 Å². The fourth-order valence-corrected chi connectivity index (χ4v) is 1.98. The third kappa shape index (κ3) is 3.12. The van der Waals surface area contributed by atoms with Crippen molar-refractivity contribution in [3.63, 3.8) is 0 Å². The summed E-state index contributed by atoms with van der Waals surface area (Å²) in [7, 11) is 0. The lowest BCUT2D eigenvalue weighted by molar-refractivity contribution is 0.340. The van der Waals surface area contributed by atoms with Gasteiger partial charge in [-0.05, 0) is 43.7 Å². The number of nitrogen functional groups attached to an aromatic ring is 1. The van der Waals surface area contributed by atoms with E-state index in [-0.39, 0.29) is 0 Å². The van der Waals surface area contributed by atoms with Gasteiger partial charge >= 0.3 is 0 Å². The number of hydrogen-bond acceptors (Lipinski definition) is 3. The Labute approximate surface area is 117 Å². The van der Waals surface area contributed by atoms with Gasteiger partial charge in [-0.15, -0.1) is 0 Å². The van der Waals surface area contributed by atoms with E-state index in [0.717, 1.165) is 5.56 Å². The summed E-state index contributed by atoms with van der Waals surface area (Å²) in [6, 6.07) is 11.0. The first kappa shape index (κ1) is 13.6. The molecule has 100 valence electrons. The van der Waals surface area contributed by atoms with Gasteiger partial charge in [0, 0.05) is 0 Å². The van der Waals surface area contributed by atoms with Crippen LogP contribution in [0.4, 0.5) is 5.69 Å². The van der Waals surface area contributed by atoms with E-state index in [1.54, 1.807) is 6.07 Å². The van der Waals surface area contributed by atoms with Crippen molar-refractivity contribution in [2.24, 2.45) is 0 Å². The molecule has 0 aliphatic heterocycles. The van der Waals surface area contributed by atoms with Gasteiger partial charge in [0.05, 0.1) is 11.6 Å². The summed E-state index contributed by atoms with van der Waals surface area (Å²) in [5, 5.41) is 0.557. The second kappa shape index (κ2) is 5.85. The molecule has 3 nitrogen and oxygen atoms in total. The Bertz CT molecular complexity index is 584. The van der Waals surface area contributed by atoms with Gasteiger partial charge < -0.3 is 15.2 Å². The van der Waals surface area contributed by atoms with Crippen molar-refractivity contribution in [3.8, 4) is 17.2 Å². The standard InChI is InChI=1S/C15H16ClNO2/c1-3-18-13-5-4-6-14(15(13)17)19-12-8-7-10(2)9-11(12)16/h4-9H,3,17H2,1-2H3. The fraction of sp³-hybridized carbons (Fsp3) is 0.200. The highest BCUT2D eigenvalue weighted by atomic mass is 35.5. The normalized spacial score (nSPS) is 10.3. The Morgan fingerprint density at radius 3 is 2.53 bits per heavy atom. The maximum atomic E-state index is 6.14. The molecule has 0 aliphatic carbocycles. The average Bonchev–Trinajstić information content (AvgIpc) is 2.37. The number of halogens is 1. The molecule has 0 bridgehead atoms. The molecule has 0 unspecified atom stereocenters. The molecule has 4 heteroatoms. The van der Waals surface area contributed by atoms with Crippen LogP contribution >= 0.6 is 11.6 Å². The summed E-state index contributed by atoms with van der Waals surface area (Å²) in [6.45, 7) is 4.43. The number of ether oxygens (including phenoxy) is 2. The monoisotopic (exact) mass is 277 g/mol. The molecule has 0 amide bonds. The van der Waals surface area contributed by atoms with E-state index in [9.17, 15) is 0 Å². The molecule has 0 saturated carbocycles. The number of hydrogen-bond donors (Lipinski definition) is 1. The lowest BCUT2D eigenvalue weighted by atomic mass is 10.2. The summed E-state index contributed by atoms with van der Waals surface area (Å²) < 4.78 is 11.2. The van der Waals surface area contributed by atoms with Crippen LogP contribution < -0.4 is 15.2 Å². The van der Waals surface area contributed by atoms with E-state index in [4.69, 9.17) is 26.8 Å². The van der Waals surface area contributed by atoms with Crippen LogP contribution in [0.5, 0.6) is 17.2 Å². The van der Waals surface area contributed by atoms with Gasteiger partial charge in [0.15, 0.2) is 5.75 Å². The van der Waals surface area contributed by atoms with Gasteiger partial charge in [0.2, 0.25) is 0 Å². The number of rotatable bonds is 4. The molecule has 0 fully saturated rings. The van der Waals surface area contributed by atoms with Gasteiger partial charge in [0.1, 0.15) is 17.2 Å². The fourth-order valence-electron chi connectivity index (χ4n) is 1.70. The molecule has 2 rings (SSSR count). The summed E-state index contributed by atoms with van der Waals surface area (Å²) in [5.41, 5.74) is 7.55. The summed E-state index contributed by atoms with van der Waals surface area (Å²) in [4.78, 5) is 0. The summed E-state index contributed by atoms with van der Waals surface area (Å²) in [5.74, 6) is 1.73. The highest BCUT2D eigenvalue weighted by Crippen LogP contribution is 2.37. The minimum Gasteiger partial charge on any atom is -0.492 e.